The molecule has 0 amide bonds. The van der Waals surface area contributed by atoms with Crippen LogP contribution in [0.3, 0.4) is 0 Å². The van der Waals surface area contributed by atoms with Gasteiger partial charge in [-0.2, -0.15) is 0 Å². The normalized spacial score (nSPS) is 27.1. The van der Waals surface area contributed by atoms with Crippen LogP contribution in [0.25, 0.3) is 0 Å². The van der Waals surface area contributed by atoms with Gasteiger partial charge in [0.1, 0.15) is 5.78 Å². The molecule has 2 aliphatic rings. The number of carbonyl (C=O) groups excluding carboxylic acids is 1. The van der Waals surface area contributed by atoms with Gasteiger partial charge in [-0.05, 0) is 38.6 Å². The highest BCUT2D eigenvalue weighted by Gasteiger charge is 2.29. The molecular formula is C14H26N2O3S. The van der Waals surface area contributed by atoms with E-state index in [0.29, 0.717) is 43.7 Å². The maximum atomic E-state index is 11.6. The summed E-state index contributed by atoms with van der Waals surface area (Å²) in [5, 5.41) is 0. The molecule has 1 heterocycles. The van der Waals surface area contributed by atoms with Crippen molar-refractivity contribution in [2.24, 2.45) is 5.92 Å². The first-order valence-electron chi connectivity index (χ1n) is 7.53. The topological polar surface area (TPSA) is 57.7 Å². The van der Waals surface area contributed by atoms with Gasteiger partial charge in [0, 0.05) is 38.5 Å². The van der Waals surface area contributed by atoms with E-state index >= 15 is 0 Å². The highest BCUT2D eigenvalue weighted by molar-refractivity contribution is 7.88. The summed E-state index contributed by atoms with van der Waals surface area (Å²) >= 11 is 0. The highest BCUT2D eigenvalue weighted by atomic mass is 32.2. The van der Waals surface area contributed by atoms with Crippen LogP contribution in [0.5, 0.6) is 0 Å². The standard InChI is InChI=1S/C14H26N2O3S/c1-15(13-5-7-14(17)8-6-13)10-12-4-3-9-16(11-12)20(2,18)19/h12-13H,3-11H2,1-2H3. The van der Waals surface area contributed by atoms with E-state index in [4.69, 9.17) is 0 Å². The van der Waals surface area contributed by atoms with E-state index in [9.17, 15) is 13.2 Å². The summed E-state index contributed by atoms with van der Waals surface area (Å²) in [4.78, 5) is 13.6. The van der Waals surface area contributed by atoms with E-state index in [1.54, 1.807) is 4.31 Å². The Labute approximate surface area is 122 Å². The van der Waals surface area contributed by atoms with Gasteiger partial charge in [0.25, 0.3) is 0 Å². The largest absolute Gasteiger partial charge is 0.303 e. The van der Waals surface area contributed by atoms with Gasteiger partial charge in [-0.25, -0.2) is 12.7 Å². The molecule has 1 aliphatic heterocycles. The molecule has 1 unspecified atom stereocenters. The Balaban J connectivity index is 1.84. The highest BCUT2D eigenvalue weighted by Crippen LogP contribution is 2.24. The molecule has 0 spiro atoms. The van der Waals surface area contributed by atoms with Crippen molar-refractivity contribution in [1.82, 2.24) is 9.21 Å². The Kier molecular flexibility index (Phi) is 5.20. The number of hydrogen-bond acceptors (Lipinski definition) is 4. The molecule has 5 nitrogen and oxygen atoms in total. The minimum Gasteiger partial charge on any atom is -0.303 e. The second-order valence-corrected chi connectivity index (χ2v) is 8.32. The van der Waals surface area contributed by atoms with Crippen LogP contribution < -0.4 is 0 Å². The number of sulfonamides is 1. The van der Waals surface area contributed by atoms with E-state index in [1.165, 1.54) is 6.26 Å². The van der Waals surface area contributed by atoms with Crippen molar-refractivity contribution in [2.75, 3.05) is 32.9 Å². The molecule has 0 radical (unpaired) electrons. The molecule has 20 heavy (non-hydrogen) atoms. The van der Waals surface area contributed by atoms with Gasteiger partial charge in [0.05, 0.1) is 6.26 Å². The van der Waals surface area contributed by atoms with Crippen LogP contribution >= 0.6 is 0 Å². The fourth-order valence-electron chi connectivity index (χ4n) is 3.40. The first-order chi connectivity index (χ1) is 9.36. The van der Waals surface area contributed by atoms with Crippen molar-refractivity contribution in [2.45, 2.75) is 44.6 Å². The molecule has 1 saturated carbocycles. The Morgan fingerprint density at radius 2 is 1.90 bits per heavy atom. The van der Waals surface area contributed by atoms with Crippen LogP contribution in [-0.4, -0.2) is 62.4 Å². The molecule has 0 bridgehead atoms. The van der Waals surface area contributed by atoms with E-state index in [1.807, 2.05) is 0 Å². The lowest BCUT2D eigenvalue weighted by molar-refractivity contribution is -0.121. The predicted octanol–water partition coefficient (Wildman–Crippen LogP) is 1.10. The van der Waals surface area contributed by atoms with Crippen molar-refractivity contribution < 1.29 is 13.2 Å². The van der Waals surface area contributed by atoms with Gasteiger partial charge in [-0.3, -0.25) is 4.79 Å². The van der Waals surface area contributed by atoms with Crippen LogP contribution in [0.15, 0.2) is 0 Å². The quantitative estimate of drug-likeness (QED) is 0.780. The lowest BCUT2D eigenvalue weighted by Crippen LogP contribution is -2.45. The van der Waals surface area contributed by atoms with Crippen LogP contribution in [0.2, 0.25) is 0 Å². The number of nitrogens with zero attached hydrogens (tertiary/aromatic N) is 2. The van der Waals surface area contributed by atoms with Gasteiger partial charge in [0.15, 0.2) is 0 Å². The molecular weight excluding hydrogens is 276 g/mol. The molecule has 0 N–H and O–H groups in total. The molecule has 2 rings (SSSR count). The summed E-state index contributed by atoms with van der Waals surface area (Å²) in [5.41, 5.74) is 0. The van der Waals surface area contributed by atoms with E-state index < -0.39 is 10.0 Å². The van der Waals surface area contributed by atoms with Crippen molar-refractivity contribution in [3.63, 3.8) is 0 Å². The summed E-state index contributed by atoms with van der Waals surface area (Å²) < 4.78 is 24.9. The predicted molar refractivity (Wildman–Crippen MR) is 79.0 cm³/mol. The molecule has 1 atom stereocenters. The maximum absolute atomic E-state index is 11.6. The summed E-state index contributed by atoms with van der Waals surface area (Å²) in [7, 11) is -0.946. The zero-order chi connectivity index (χ0) is 14.8. The monoisotopic (exact) mass is 302 g/mol. The van der Waals surface area contributed by atoms with Crippen LogP contribution in [-0.2, 0) is 14.8 Å². The number of carbonyl (C=O) groups is 1. The third-order valence-corrected chi connectivity index (χ3v) is 5.90. The molecule has 1 aliphatic carbocycles. The Morgan fingerprint density at radius 1 is 1.25 bits per heavy atom. The summed E-state index contributed by atoms with van der Waals surface area (Å²) in [6, 6.07) is 0.487. The van der Waals surface area contributed by atoms with Gasteiger partial charge in [-0.1, -0.05) is 0 Å². The summed E-state index contributed by atoms with van der Waals surface area (Å²) in [5.74, 6) is 0.802. The Morgan fingerprint density at radius 3 is 2.50 bits per heavy atom. The van der Waals surface area contributed by atoms with Crippen molar-refractivity contribution in [1.29, 1.82) is 0 Å². The SMILES string of the molecule is CN(CC1CCCN(S(C)(=O)=O)C1)C1CCC(=O)CC1. The zero-order valence-electron chi connectivity index (χ0n) is 12.5. The minimum absolute atomic E-state index is 0.385. The fraction of sp³-hybridized carbons (Fsp3) is 0.929. The number of ketones is 1. The first-order valence-corrected chi connectivity index (χ1v) is 9.38. The van der Waals surface area contributed by atoms with Gasteiger partial charge < -0.3 is 4.90 Å². The number of hydrogen-bond donors (Lipinski definition) is 0. The van der Waals surface area contributed by atoms with Gasteiger partial charge in [-0.15, -0.1) is 0 Å². The summed E-state index contributed by atoms with van der Waals surface area (Å²) in [6.45, 7) is 2.25. The average molecular weight is 302 g/mol. The molecule has 0 aromatic carbocycles. The van der Waals surface area contributed by atoms with E-state index in [2.05, 4.69) is 11.9 Å². The Bertz CT molecular complexity index is 439. The van der Waals surface area contributed by atoms with E-state index in [-0.39, 0.29) is 0 Å². The first kappa shape index (κ1) is 15.9. The van der Waals surface area contributed by atoms with Crippen LogP contribution in [0.4, 0.5) is 0 Å². The maximum Gasteiger partial charge on any atom is 0.211 e. The smallest absolute Gasteiger partial charge is 0.211 e. The number of piperidine rings is 1. The summed E-state index contributed by atoms with van der Waals surface area (Å²) in [6.07, 6.45) is 6.67. The lowest BCUT2D eigenvalue weighted by atomic mass is 9.92. The second kappa shape index (κ2) is 6.54. The molecule has 1 saturated heterocycles. The average Bonchev–Trinajstić information content (AvgIpc) is 2.38. The molecule has 0 aromatic rings. The zero-order valence-corrected chi connectivity index (χ0v) is 13.4. The van der Waals surface area contributed by atoms with Crippen molar-refractivity contribution >= 4 is 15.8 Å². The number of rotatable bonds is 4. The van der Waals surface area contributed by atoms with Crippen molar-refractivity contribution in [3.8, 4) is 0 Å². The molecule has 6 heteroatoms. The van der Waals surface area contributed by atoms with E-state index in [0.717, 1.165) is 32.2 Å². The van der Waals surface area contributed by atoms with Crippen LogP contribution in [0, 0.1) is 5.92 Å². The fourth-order valence-corrected chi connectivity index (χ4v) is 4.34. The molecule has 0 aromatic heterocycles. The third kappa shape index (κ3) is 4.27. The Hall–Kier alpha value is -0.460. The minimum atomic E-state index is -3.06. The second-order valence-electron chi connectivity index (χ2n) is 6.34. The molecule has 2 fully saturated rings. The molecule has 116 valence electrons. The third-order valence-electron chi connectivity index (χ3n) is 4.63. The van der Waals surface area contributed by atoms with Gasteiger partial charge >= 0.3 is 0 Å². The number of Topliss-reactive ketones (excluding diaryl/α,β-unsaturated/α-hetero) is 1. The lowest BCUT2D eigenvalue weighted by Gasteiger charge is -2.37. The van der Waals surface area contributed by atoms with Crippen molar-refractivity contribution in [3.05, 3.63) is 0 Å². The van der Waals surface area contributed by atoms with Gasteiger partial charge in [0.2, 0.25) is 10.0 Å². The van der Waals surface area contributed by atoms with Crippen LogP contribution in [0.1, 0.15) is 38.5 Å².